The van der Waals surface area contributed by atoms with Gasteiger partial charge in [0.05, 0.1) is 6.07 Å². The van der Waals surface area contributed by atoms with Crippen molar-refractivity contribution >= 4 is 29.2 Å². The fourth-order valence-corrected chi connectivity index (χ4v) is 4.66. The number of nitriles is 1. The van der Waals surface area contributed by atoms with Crippen LogP contribution in [0.5, 0.6) is 0 Å². The van der Waals surface area contributed by atoms with E-state index >= 15 is 0 Å². The highest BCUT2D eigenvalue weighted by molar-refractivity contribution is 6.30. The first kappa shape index (κ1) is 20.7. The summed E-state index contributed by atoms with van der Waals surface area (Å²) in [5.41, 5.74) is 0.421. The molecule has 0 saturated carbocycles. The molecule has 1 aliphatic rings. The number of benzene rings is 2. The maximum atomic E-state index is 12.2. The topological polar surface area (TPSA) is 73.1 Å². The first-order valence-corrected chi connectivity index (χ1v) is 9.96. The third kappa shape index (κ3) is 3.63. The van der Waals surface area contributed by atoms with E-state index in [9.17, 15) is 15.2 Å². The van der Waals surface area contributed by atoms with Gasteiger partial charge in [0.2, 0.25) is 0 Å². The summed E-state index contributed by atoms with van der Waals surface area (Å²) in [5.74, 6) is -1.30. The van der Waals surface area contributed by atoms with E-state index in [2.05, 4.69) is 25.2 Å². The lowest BCUT2D eigenvalue weighted by molar-refractivity contribution is -0.139. The molecule has 1 heterocycles. The van der Waals surface area contributed by atoms with Gasteiger partial charge in [-0.05, 0) is 47.7 Å². The van der Waals surface area contributed by atoms with Crippen molar-refractivity contribution in [2.45, 2.75) is 43.7 Å². The molecular weight excluding hydrogens is 395 g/mol. The van der Waals surface area contributed by atoms with Crippen molar-refractivity contribution in [3.8, 4) is 6.07 Å². The molecule has 4 atom stereocenters. The lowest BCUT2D eigenvalue weighted by atomic mass is 9.64. The molecule has 0 aromatic heterocycles. The van der Waals surface area contributed by atoms with Crippen molar-refractivity contribution in [3.05, 3.63) is 69.7 Å². The first-order chi connectivity index (χ1) is 13.3. The van der Waals surface area contributed by atoms with Crippen molar-refractivity contribution in [2.24, 2.45) is 5.92 Å². The highest BCUT2D eigenvalue weighted by Gasteiger charge is 2.59. The van der Waals surface area contributed by atoms with Crippen LogP contribution in [0.15, 0.2) is 48.5 Å². The molecule has 1 saturated heterocycles. The van der Waals surface area contributed by atoms with Gasteiger partial charge >= 0.3 is 5.97 Å². The summed E-state index contributed by atoms with van der Waals surface area (Å²) < 4.78 is 0. The molecule has 1 fully saturated rings. The van der Waals surface area contributed by atoms with Gasteiger partial charge in [-0.3, -0.25) is 10.1 Å². The number of carbonyl (C=O) groups is 1. The fourth-order valence-electron chi connectivity index (χ4n) is 4.34. The van der Waals surface area contributed by atoms with Gasteiger partial charge in [0.15, 0.2) is 0 Å². The second kappa shape index (κ2) is 8.13. The monoisotopic (exact) mass is 416 g/mol. The maximum Gasteiger partial charge on any atom is 0.321 e. The molecule has 0 amide bonds. The summed E-state index contributed by atoms with van der Waals surface area (Å²) in [6, 6.07) is 15.5. The minimum absolute atomic E-state index is 0.282. The van der Waals surface area contributed by atoms with E-state index in [1.54, 1.807) is 30.3 Å². The Morgan fingerprint density at radius 1 is 1.21 bits per heavy atom. The largest absolute Gasteiger partial charge is 0.480 e. The minimum atomic E-state index is -1.07. The van der Waals surface area contributed by atoms with Crippen LogP contribution in [0.4, 0.5) is 0 Å². The Balaban J connectivity index is 2.27. The summed E-state index contributed by atoms with van der Waals surface area (Å²) in [4.78, 5) is 12.2. The number of hydrogen-bond acceptors (Lipinski definition) is 3. The van der Waals surface area contributed by atoms with E-state index in [4.69, 9.17) is 23.2 Å². The van der Waals surface area contributed by atoms with Crippen LogP contribution in [0.25, 0.3) is 0 Å². The quantitative estimate of drug-likeness (QED) is 0.718. The van der Waals surface area contributed by atoms with E-state index < -0.39 is 23.3 Å². The zero-order valence-electron chi connectivity index (χ0n) is 15.7. The number of carboxylic acid groups (broad SMARTS) is 1. The highest BCUT2D eigenvalue weighted by Crippen LogP contribution is 2.50. The van der Waals surface area contributed by atoms with E-state index in [1.165, 1.54) is 0 Å². The van der Waals surface area contributed by atoms with Gasteiger partial charge in [-0.25, -0.2) is 0 Å². The molecule has 2 aromatic rings. The fraction of sp³-hybridized carbons (Fsp3) is 0.364. The van der Waals surface area contributed by atoms with Gasteiger partial charge in [-0.15, -0.1) is 0 Å². The van der Waals surface area contributed by atoms with E-state index in [-0.39, 0.29) is 12.0 Å². The molecule has 0 aliphatic carbocycles. The molecular formula is C22H22Cl2N2O2. The van der Waals surface area contributed by atoms with Crippen LogP contribution in [-0.4, -0.2) is 23.2 Å². The third-order valence-corrected chi connectivity index (χ3v) is 5.93. The van der Waals surface area contributed by atoms with Gasteiger partial charge in [0.1, 0.15) is 11.5 Å². The molecule has 6 heteroatoms. The second-order valence-corrected chi connectivity index (χ2v) is 8.56. The van der Waals surface area contributed by atoms with Gasteiger partial charge in [-0.2, -0.15) is 5.26 Å². The Bertz CT molecular complexity index is 907. The first-order valence-electron chi connectivity index (χ1n) is 9.21. The van der Waals surface area contributed by atoms with Gasteiger partial charge < -0.3 is 5.11 Å². The molecule has 3 rings (SSSR count). The molecule has 0 bridgehead atoms. The number of carboxylic acids is 1. The molecule has 0 spiro atoms. The molecule has 2 N–H and O–H groups in total. The van der Waals surface area contributed by atoms with Crippen molar-refractivity contribution in [3.63, 3.8) is 0 Å². The van der Waals surface area contributed by atoms with Crippen LogP contribution in [0.3, 0.4) is 0 Å². The third-order valence-electron chi connectivity index (χ3n) is 5.44. The Hall–Kier alpha value is -2.06. The average molecular weight is 417 g/mol. The molecule has 0 unspecified atom stereocenters. The Morgan fingerprint density at radius 2 is 1.89 bits per heavy atom. The Morgan fingerprint density at radius 3 is 2.43 bits per heavy atom. The van der Waals surface area contributed by atoms with Gasteiger partial charge in [0.25, 0.3) is 0 Å². The standard InChI is InChI=1S/C22H22Cl2N2O2/c1-13(2)10-18-22(12-25,15-6-8-16(23)9-7-15)19(20(26-18)21(27)28)14-4-3-5-17(24)11-14/h3-9,11,13,18-20,26H,10H2,1-2H3,(H,27,28)/t18-,19-,20+,22-/m0/s1. The normalized spacial score (nSPS) is 26.9. The Kier molecular flexibility index (Phi) is 6.00. The van der Waals surface area contributed by atoms with Crippen molar-refractivity contribution in [2.75, 3.05) is 0 Å². The summed E-state index contributed by atoms with van der Waals surface area (Å²) in [5, 5.41) is 24.8. The van der Waals surface area contributed by atoms with Crippen LogP contribution in [-0.2, 0) is 10.2 Å². The zero-order chi connectivity index (χ0) is 20.5. The predicted octanol–water partition coefficient (Wildman–Crippen LogP) is 5.01. The Labute approximate surface area is 175 Å². The zero-order valence-corrected chi connectivity index (χ0v) is 17.2. The molecule has 28 heavy (non-hydrogen) atoms. The van der Waals surface area contributed by atoms with E-state index in [0.717, 1.165) is 11.1 Å². The van der Waals surface area contributed by atoms with Crippen LogP contribution in [0.2, 0.25) is 10.0 Å². The van der Waals surface area contributed by atoms with E-state index in [0.29, 0.717) is 16.5 Å². The van der Waals surface area contributed by atoms with Gasteiger partial charge in [-0.1, -0.05) is 61.3 Å². The van der Waals surface area contributed by atoms with Crippen LogP contribution >= 0.6 is 23.2 Å². The van der Waals surface area contributed by atoms with Crippen molar-refractivity contribution in [1.29, 1.82) is 5.26 Å². The minimum Gasteiger partial charge on any atom is -0.480 e. The number of rotatable bonds is 5. The molecule has 146 valence electrons. The van der Waals surface area contributed by atoms with Crippen LogP contribution in [0, 0.1) is 17.2 Å². The molecule has 4 nitrogen and oxygen atoms in total. The van der Waals surface area contributed by atoms with E-state index in [1.807, 2.05) is 18.2 Å². The second-order valence-electron chi connectivity index (χ2n) is 7.69. The maximum absolute atomic E-state index is 12.2. The summed E-state index contributed by atoms with van der Waals surface area (Å²) >= 11 is 12.3. The number of aliphatic carboxylic acids is 1. The number of halogens is 2. The van der Waals surface area contributed by atoms with Gasteiger partial charge in [0, 0.05) is 22.0 Å². The van der Waals surface area contributed by atoms with Crippen molar-refractivity contribution in [1.82, 2.24) is 5.32 Å². The SMILES string of the molecule is CC(C)C[C@@H]1N[C@@H](C(=O)O)[C@H](c2cccc(Cl)c2)[C@@]1(C#N)c1ccc(Cl)cc1. The summed E-state index contributed by atoms with van der Waals surface area (Å²) in [7, 11) is 0. The molecule has 0 radical (unpaired) electrons. The number of hydrogen-bond donors (Lipinski definition) is 2. The summed E-state index contributed by atoms with van der Waals surface area (Å²) in [6.45, 7) is 4.13. The number of nitrogens with one attached hydrogen (secondary N) is 1. The lowest BCUT2D eigenvalue weighted by Crippen LogP contribution is -2.42. The van der Waals surface area contributed by atoms with Crippen molar-refractivity contribution < 1.29 is 9.90 Å². The van der Waals surface area contributed by atoms with Crippen LogP contribution in [0.1, 0.15) is 37.3 Å². The molecule has 1 aliphatic heterocycles. The average Bonchev–Trinajstić information content (AvgIpc) is 2.97. The number of nitrogens with zero attached hydrogens (tertiary/aromatic N) is 1. The van der Waals surface area contributed by atoms with Crippen LogP contribution < -0.4 is 5.32 Å². The lowest BCUT2D eigenvalue weighted by Gasteiger charge is -2.35. The molecule has 2 aromatic carbocycles. The summed E-state index contributed by atoms with van der Waals surface area (Å²) in [6.07, 6.45) is 0.664. The smallest absolute Gasteiger partial charge is 0.321 e. The highest BCUT2D eigenvalue weighted by atomic mass is 35.5. The predicted molar refractivity (Wildman–Crippen MR) is 111 cm³/mol.